The van der Waals surface area contributed by atoms with Crippen molar-refractivity contribution in [2.75, 3.05) is 26.3 Å². The highest BCUT2D eigenvalue weighted by Crippen LogP contribution is 2.34. The number of ether oxygens (including phenoxy) is 2. The number of carbonyl (C=O) groups is 1. The summed E-state index contributed by atoms with van der Waals surface area (Å²) in [6, 6.07) is 11.2. The molecule has 1 heterocycles. The van der Waals surface area contributed by atoms with E-state index in [1.807, 2.05) is 0 Å². The number of benzene rings is 2. The highest BCUT2D eigenvalue weighted by atomic mass is 35.5. The molecule has 0 aromatic heterocycles. The first-order valence-electron chi connectivity index (χ1n) is 8.66. The predicted molar refractivity (Wildman–Crippen MR) is 104 cm³/mol. The van der Waals surface area contributed by atoms with Gasteiger partial charge in [-0.1, -0.05) is 23.7 Å². The Balaban J connectivity index is 1.91. The molecule has 1 aliphatic rings. The topological polar surface area (TPSA) is 93.1 Å². The van der Waals surface area contributed by atoms with E-state index in [9.17, 15) is 13.2 Å². The normalized spacial score (nSPS) is 16.5. The Morgan fingerprint density at radius 2 is 1.82 bits per heavy atom. The zero-order valence-corrected chi connectivity index (χ0v) is 16.7. The number of hydrogen-bond donors (Lipinski definition) is 1. The highest BCUT2D eigenvalue weighted by Gasteiger charge is 2.26. The SMILES string of the molecule is C[C@H](Oc1ccc(Cl)cc1-c1ccc(S(=O)(=O)N2CCOCC2)cc1)C(=O)O. The fraction of sp³-hybridized carbons (Fsp3) is 0.316. The smallest absolute Gasteiger partial charge is 0.344 e. The van der Waals surface area contributed by atoms with Gasteiger partial charge in [0.15, 0.2) is 6.10 Å². The molecule has 0 amide bonds. The van der Waals surface area contributed by atoms with Crippen molar-refractivity contribution in [3.63, 3.8) is 0 Å². The van der Waals surface area contributed by atoms with E-state index >= 15 is 0 Å². The first-order chi connectivity index (χ1) is 13.3. The molecule has 1 aliphatic heterocycles. The van der Waals surface area contributed by atoms with Crippen LogP contribution in [0.25, 0.3) is 11.1 Å². The monoisotopic (exact) mass is 425 g/mol. The van der Waals surface area contributed by atoms with Crippen LogP contribution in [0, 0.1) is 0 Å². The summed E-state index contributed by atoms with van der Waals surface area (Å²) in [6.45, 7) is 2.83. The number of sulfonamides is 1. The molecule has 1 saturated heterocycles. The van der Waals surface area contributed by atoms with E-state index in [2.05, 4.69) is 0 Å². The van der Waals surface area contributed by atoms with Gasteiger partial charge in [-0.2, -0.15) is 4.31 Å². The summed E-state index contributed by atoms with van der Waals surface area (Å²) in [5, 5.41) is 9.53. The molecule has 9 heteroatoms. The molecule has 3 rings (SSSR count). The van der Waals surface area contributed by atoms with Crippen molar-refractivity contribution in [2.45, 2.75) is 17.9 Å². The van der Waals surface area contributed by atoms with Gasteiger partial charge in [0.2, 0.25) is 10.0 Å². The van der Waals surface area contributed by atoms with Crippen LogP contribution in [0.3, 0.4) is 0 Å². The Kier molecular flexibility index (Phi) is 6.24. The number of carboxylic acid groups (broad SMARTS) is 1. The zero-order chi connectivity index (χ0) is 20.3. The number of aliphatic carboxylic acids is 1. The van der Waals surface area contributed by atoms with Crippen LogP contribution >= 0.6 is 11.6 Å². The minimum absolute atomic E-state index is 0.182. The molecule has 0 unspecified atom stereocenters. The third-order valence-corrected chi connectivity index (χ3v) is 6.51. The fourth-order valence-corrected chi connectivity index (χ4v) is 4.39. The number of morpholine rings is 1. The zero-order valence-electron chi connectivity index (χ0n) is 15.2. The summed E-state index contributed by atoms with van der Waals surface area (Å²) >= 11 is 6.08. The van der Waals surface area contributed by atoms with Gasteiger partial charge in [0, 0.05) is 23.7 Å². The average molecular weight is 426 g/mol. The summed E-state index contributed by atoms with van der Waals surface area (Å²) in [4.78, 5) is 11.3. The van der Waals surface area contributed by atoms with Crippen LogP contribution in [0.1, 0.15) is 6.92 Å². The third kappa shape index (κ3) is 4.47. The predicted octanol–water partition coefficient (Wildman–Crippen LogP) is 2.88. The summed E-state index contributed by atoms with van der Waals surface area (Å²) < 4.78 is 37.6. The van der Waals surface area contributed by atoms with E-state index in [0.29, 0.717) is 48.2 Å². The molecule has 2 aromatic carbocycles. The molecule has 7 nitrogen and oxygen atoms in total. The number of carboxylic acids is 1. The molecule has 0 bridgehead atoms. The minimum atomic E-state index is -3.59. The van der Waals surface area contributed by atoms with Gasteiger partial charge in [0.25, 0.3) is 0 Å². The van der Waals surface area contributed by atoms with Gasteiger partial charge in [-0.15, -0.1) is 0 Å². The second-order valence-electron chi connectivity index (χ2n) is 6.28. The van der Waals surface area contributed by atoms with Crippen molar-refractivity contribution in [3.8, 4) is 16.9 Å². The van der Waals surface area contributed by atoms with Crippen LogP contribution in [0.5, 0.6) is 5.75 Å². The molecule has 1 fully saturated rings. The highest BCUT2D eigenvalue weighted by molar-refractivity contribution is 7.89. The minimum Gasteiger partial charge on any atom is -0.479 e. The average Bonchev–Trinajstić information content (AvgIpc) is 2.70. The van der Waals surface area contributed by atoms with Crippen molar-refractivity contribution in [1.82, 2.24) is 4.31 Å². The first-order valence-corrected chi connectivity index (χ1v) is 10.5. The van der Waals surface area contributed by atoms with E-state index in [1.165, 1.54) is 23.4 Å². The quantitative estimate of drug-likeness (QED) is 0.764. The van der Waals surface area contributed by atoms with Gasteiger partial charge in [-0.05, 0) is 42.8 Å². The number of hydrogen-bond acceptors (Lipinski definition) is 5. The number of nitrogens with zero attached hydrogens (tertiary/aromatic N) is 1. The van der Waals surface area contributed by atoms with E-state index < -0.39 is 22.1 Å². The first kappa shape index (κ1) is 20.6. The third-order valence-electron chi connectivity index (χ3n) is 4.37. The van der Waals surface area contributed by atoms with Gasteiger partial charge in [-0.3, -0.25) is 0 Å². The van der Waals surface area contributed by atoms with E-state index in [-0.39, 0.29) is 4.90 Å². The fourth-order valence-electron chi connectivity index (χ4n) is 2.81. The van der Waals surface area contributed by atoms with Gasteiger partial charge in [0.05, 0.1) is 18.1 Å². The molecule has 1 atom stereocenters. The van der Waals surface area contributed by atoms with Crippen LogP contribution in [-0.2, 0) is 19.6 Å². The maximum atomic E-state index is 12.7. The number of halogens is 1. The Morgan fingerprint density at radius 3 is 2.43 bits per heavy atom. The molecular formula is C19H20ClNO6S. The lowest BCUT2D eigenvalue weighted by Gasteiger charge is -2.26. The molecule has 0 spiro atoms. The van der Waals surface area contributed by atoms with Crippen molar-refractivity contribution in [2.24, 2.45) is 0 Å². The Labute approximate surface area is 168 Å². The lowest BCUT2D eigenvalue weighted by atomic mass is 10.0. The second kappa shape index (κ2) is 8.48. The largest absolute Gasteiger partial charge is 0.479 e. The van der Waals surface area contributed by atoms with Gasteiger partial charge >= 0.3 is 5.97 Å². The maximum absolute atomic E-state index is 12.7. The van der Waals surface area contributed by atoms with Gasteiger partial charge in [0.1, 0.15) is 5.75 Å². The summed E-state index contributed by atoms with van der Waals surface area (Å²) in [6.07, 6.45) is -1.04. The van der Waals surface area contributed by atoms with Crippen LogP contribution in [0.4, 0.5) is 0 Å². The Hall–Kier alpha value is -2.13. The van der Waals surface area contributed by atoms with E-state index in [4.69, 9.17) is 26.2 Å². The number of rotatable bonds is 6. The molecule has 0 saturated carbocycles. The molecule has 1 N–H and O–H groups in total. The van der Waals surface area contributed by atoms with Crippen LogP contribution in [0.15, 0.2) is 47.4 Å². The molecule has 28 heavy (non-hydrogen) atoms. The molecule has 2 aromatic rings. The van der Waals surface area contributed by atoms with Crippen molar-refractivity contribution < 1.29 is 27.8 Å². The van der Waals surface area contributed by atoms with Gasteiger partial charge in [-0.25, -0.2) is 13.2 Å². The molecule has 150 valence electrons. The van der Waals surface area contributed by atoms with E-state index in [1.54, 1.807) is 30.3 Å². The lowest BCUT2D eigenvalue weighted by Crippen LogP contribution is -2.40. The molecule has 0 aliphatic carbocycles. The second-order valence-corrected chi connectivity index (χ2v) is 8.65. The van der Waals surface area contributed by atoms with Crippen LogP contribution < -0.4 is 4.74 Å². The van der Waals surface area contributed by atoms with Crippen molar-refractivity contribution in [1.29, 1.82) is 0 Å². The molecule has 0 radical (unpaired) electrons. The summed E-state index contributed by atoms with van der Waals surface area (Å²) in [7, 11) is -3.59. The summed E-state index contributed by atoms with van der Waals surface area (Å²) in [5.74, 6) is -0.740. The summed E-state index contributed by atoms with van der Waals surface area (Å²) in [5.41, 5.74) is 1.24. The molecular weight excluding hydrogens is 406 g/mol. The Bertz CT molecular complexity index is 955. The van der Waals surface area contributed by atoms with Crippen molar-refractivity contribution >= 4 is 27.6 Å². The van der Waals surface area contributed by atoms with Crippen LogP contribution in [0.2, 0.25) is 5.02 Å². The van der Waals surface area contributed by atoms with Crippen LogP contribution in [-0.4, -0.2) is 56.2 Å². The maximum Gasteiger partial charge on any atom is 0.344 e. The standard InChI is InChI=1S/C19H20ClNO6S/c1-13(19(22)23)27-18-7-4-15(20)12-17(18)14-2-5-16(6-3-14)28(24,25)21-8-10-26-11-9-21/h2-7,12-13H,8-11H2,1H3,(H,22,23)/t13-/m0/s1. The van der Waals surface area contributed by atoms with E-state index in [0.717, 1.165) is 0 Å². The van der Waals surface area contributed by atoms with Gasteiger partial charge < -0.3 is 14.6 Å². The lowest BCUT2D eigenvalue weighted by molar-refractivity contribution is -0.144. The van der Waals surface area contributed by atoms with Crippen molar-refractivity contribution in [3.05, 3.63) is 47.5 Å². The Morgan fingerprint density at radius 1 is 1.18 bits per heavy atom.